The molecule has 19 heteroatoms. The first kappa shape index (κ1) is 27.3. The van der Waals surface area contributed by atoms with Gasteiger partial charge < -0.3 is 31.0 Å². The average molecular weight is 584 g/mol. The van der Waals surface area contributed by atoms with Gasteiger partial charge >= 0.3 is 11.9 Å². The van der Waals surface area contributed by atoms with Gasteiger partial charge in [-0.05, 0) is 10.4 Å². The van der Waals surface area contributed by atoms with Crippen molar-refractivity contribution in [2.24, 2.45) is 10.6 Å². The summed E-state index contributed by atoms with van der Waals surface area (Å²) in [5, 5.41) is 37.8. The van der Waals surface area contributed by atoms with Gasteiger partial charge in [0.2, 0.25) is 17.7 Å². The highest BCUT2D eigenvalue weighted by Crippen LogP contribution is 2.44. The van der Waals surface area contributed by atoms with E-state index in [4.69, 9.17) is 15.7 Å². The van der Waals surface area contributed by atoms with E-state index in [0.29, 0.717) is 11.7 Å². The number of hydrogen-bond donors (Lipinski definition) is 4. The number of nitrogens with one attached hydrogen (secondary N) is 1. The van der Waals surface area contributed by atoms with E-state index in [1.165, 1.54) is 38.5 Å². The number of carboxylic acids is 2. The minimum absolute atomic E-state index is 0.0519. The van der Waals surface area contributed by atoms with E-state index in [1.807, 2.05) is 0 Å². The number of aliphatic carboxylic acids is 2. The smallest absolute Gasteiger partial charge is 0.344 e. The number of nitrogens with zero attached hydrogens (tertiary/aromatic N) is 7. The molecule has 0 aromatic carbocycles. The van der Waals surface area contributed by atoms with Gasteiger partial charge in [0.25, 0.3) is 5.91 Å². The summed E-state index contributed by atoms with van der Waals surface area (Å²) in [6, 6.07) is -0.951. The number of oxime groups is 1. The molecule has 2 unspecified atom stereocenters. The minimum Gasteiger partial charge on any atom is -0.481 e. The fourth-order valence-corrected chi connectivity index (χ4v) is 6.90. The summed E-state index contributed by atoms with van der Waals surface area (Å²) in [5.41, 5.74) is 4.06. The Bertz CT molecular complexity index is 1300. The number of amides is 2. The molecule has 5 N–H and O–H groups in total. The molecule has 0 aliphatic carbocycles. The van der Waals surface area contributed by atoms with Crippen LogP contribution in [0.5, 0.6) is 0 Å². The Kier molecular flexibility index (Phi) is 8.17. The van der Waals surface area contributed by atoms with Crippen molar-refractivity contribution in [1.82, 2.24) is 35.4 Å². The highest BCUT2D eigenvalue weighted by Gasteiger charge is 2.57. The van der Waals surface area contributed by atoms with Crippen molar-refractivity contribution in [2.75, 3.05) is 30.4 Å². The van der Waals surface area contributed by atoms with Gasteiger partial charge in [-0.2, -0.15) is 0 Å². The van der Waals surface area contributed by atoms with Crippen LogP contribution in [-0.4, -0.2) is 106 Å². The molecule has 4 heterocycles. The third-order valence-corrected chi connectivity index (χ3v) is 9.00. The maximum absolute atomic E-state index is 13.0. The normalized spacial score (nSPS) is 22.8. The van der Waals surface area contributed by atoms with E-state index >= 15 is 0 Å². The van der Waals surface area contributed by atoms with Crippen molar-refractivity contribution in [3.63, 3.8) is 0 Å². The Morgan fingerprint density at radius 3 is 2.87 bits per heavy atom. The maximum atomic E-state index is 13.0. The fourth-order valence-electron chi connectivity index (χ4n) is 3.61. The quantitative estimate of drug-likeness (QED) is 0.0770. The predicted octanol–water partition coefficient (Wildman–Crippen LogP) is -1.03. The number of rotatable bonds is 12. The number of nitrogen functional groups attached to an aromatic ring is 1. The van der Waals surface area contributed by atoms with Crippen LogP contribution in [0.15, 0.2) is 28.3 Å². The first-order valence-electron chi connectivity index (χ1n) is 10.7. The molecule has 2 aliphatic heterocycles. The zero-order chi connectivity index (χ0) is 27.4. The number of anilines is 1. The third-order valence-electron chi connectivity index (χ3n) is 5.49. The molecule has 2 aromatic heterocycles. The van der Waals surface area contributed by atoms with Gasteiger partial charge in [0.15, 0.2) is 10.8 Å². The number of allylic oxidation sites excluding steroid dienone is 1. The van der Waals surface area contributed by atoms with Gasteiger partial charge in [-0.3, -0.25) is 14.4 Å². The first-order chi connectivity index (χ1) is 18.1. The standard InChI is InChI=1S/C19H21N9O7S3/c1-2-3-28-18(23-25-26-28)38-8-19(16(33)34)6-27-14(32)12(15(27)37-7-19)22-13(31)11(24-35-4-10(29)30)9-5-36-17(20)21-9/h2,5,12,15H,1,3-4,6-8H2,(H2,20,21)(H,22,31)(H,29,30)(H,33,34)/t12?,15-,19?/m1/s1. The molecule has 16 nitrogen and oxygen atoms in total. The van der Waals surface area contributed by atoms with E-state index < -0.39 is 47.2 Å². The van der Waals surface area contributed by atoms with Crippen molar-refractivity contribution in [2.45, 2.75) is 23.1 Å². The zero-order valence-corrected chi connectivity index (χ0v) is 21.9. The first-order valence-corrected chi connectivity index (χ1v) is 13.7. The summed E-state index contributed by atoms with van der Waals surface area (Å²) in [6.45, 7) is 3.14. The lowest BCUT2D eigenvalue weighted by Gasteiger charge is -2.53. The van der Waals surface area contributed by atoms with E-state index in [0.717, 1.165) is 11.3 Å². The molecule has 3 atom stereocenters. The molecule has 0 spiro atoms. The average Bonchev–Trinajstić information content (AvgIpc) is 3.52. The number of hydrogen-bond acceptors (Lipinski definition) is 14. The molecular weight excluding hydrogens is 562 g/mol. The van der Waals surface area contributed by atoms with Gasteiger partial charge in [0.05, 0.1) is 6.54 Å². The molecule has 2 aliphatic rings. The van der Waals surface area contributed by atoms with Crippen LogP contribution in [0.2, 0.25) is 0 Å². The molecule has 0 saturated carbocycles. The van der Waals surface area contributed by atoms with Crippen molar-refractivity contribution in [3.05, 3.63) is 23.7 Å². The van der Waals surface area contributed by atoms with Crippen LogP contribution >= 0.6 is 34.9 Å². The van der Waals surface area contributed by atoms with Gasteiger partial charge in [0, 0.05) is 23.4 Å². The van der Waals surface area contributed by atoms with Crippen LogP contribution in [0.3, 0.4) is 0 Å². The summed E-state index contributed by atoms with van der Waals surface area (Å²) >= 11 is 3.43. The number of carbonyl (C=O) groups is 4. The molecule has 38 heavy (non-hydrogen) atoms. The summed E-state index contributed by atoms with van der Waals surface area (Å²) in [7, 11) is 0. The molecule has 2 amide bonds. The lowest BCUT2D eigenvalue weighted by Crippen LogP contribution is -2.74. The molecular formula is C19H21N9O7S3. The lowest BCUT2D eigenvalue weighted by molar-refractivity contribution is -0.157. The van der Waals surface area contributed by atoms with Gasteiger partial charge in [0.1, 0.15) is 22.5 Å². The van der Waals surface area contributed by atoms with Crippen LogP contribution < -0.4 is 11.1 Å². The van der Waals surface area contributed by atoms with E-state index in [2.05, 4.69) is 37.6 Å². The Labute approximate surface area is 226 Å². The van der Waals surface area contributed by atoms with Crippen molar-refractivity contribution >= 4 is 69.5 Å². The molecule has 202 valence electrons. The Balaban J connectivity index is 1.43. The third kappa shape index (κ3) is 5.58. The number of carboxylic acid groups (broad SMARTS) is 2. The topological polar surface area (TPSA) is 228 Å². The summed E-state index contributed by atoms with van der Waals surface area (Å²) in [5.74, 6) is -3.37. The number of thiazole rings is 1. The van der Waals surface area contributed by atoms with Crippen molar-refractivity contribution in [1.29, 1.82) is 0 Å². The van der Waals surface area contributed by atoms with Crippen LogP contribution in [0.25, 0.3) is 0 Å². The summed E-state index contributed by atoms with van der Waals surface area (Å²) in [6.07, 6.45) is 1.61. The van der Waals surface area contributed by atoms with Gasteiger partial charge in [-0.15, -0.1) is 34.8 Å². The predicted molar refractivity (Wildman–Crippen MR) is 135 cm³/mol. The van der Waals surface area contributed by atoms with Crippen LogP contribution in [-0.2, 0) is 30.6 Å². The number of tetrazole rings is 1. The number of fused-ring (bicyclic) bond motifs is 1. The number of carbonyl (C=O) groups excluding carboxylic acids is 2. The monoisotopic (exact) mass is 583 g/mol. The largest absolute Gasteiger partial charge is 0.481 e. The van der Waals surface area contributed by atoms with Gasteiger partial charge in [-0.25, -0.2) is 14.5 Å². The second-order valence-electron chi connectivity index (χ2n) is 8.10. The number of thioether (sulfide) groups is 2. The minimum atomic E-state index is -1.30. The van der Waals surface area contributed by atoms with Crippen molar-refractivity contribution < 1.29 is 34.2 Å². The summed E-state index contributed by atoms with van der Waals surface area (Å²) < 4.78 is 1.49. The van der Waals surface area contributed by atoms with E-state index in [9.17, 15) is 24.3 Å². The SMILES string of the molecule is C=CCn1nnnc1SCC1(C(=O)O)CS[C@@H]2C(NC(=O)C(=NOCC(=O)O)c3csc(N)n3)C(=O)N2C1. The van der Waals surface area contributed by atoms with E-state index in [-0.39, 0.29) is 34.6 Å². The summed E-state index contributed by atoms with van der Waals surface area (Å²) in [4.78, 5) is 59.0. The fraction of sp³-hybridized carbons (Fsp3) is 0.421. The molecule has 4 rings (SSSR count). The number of aromatic nitrogens is 5. The Morgan fingerprint density at radius 1 is 1.42 bits per heavy atom. The van der Waals surface area contributed by atoms with Crippen molar-refractivity contribution in [3.8, 4) is 0 Å². The molecule has 0 bridgehead atoms. The molecule has 2 saturated heterocycles. The lowest BCUT2D eigenvalue weighted by atomic mass is 9.89. The Morgan fingerprint density at radius 2 is 2.21 bits per heavy atom. The van der Waals surface area contributed by atoms with Crippen LogP contribution in [0.4, 0.5) is 5.13 Å². The highest BCUT2D eigenvalue weighted by molar-refractivity contribution is 8.00. The number of nitrogens with two attached hydrogens (primary N) is 1. The van der Waals surface area contributed by atoms with E-state index in [1.54, 1.807) is 6.08 Å². The Hall–Kier alpha value is -3.71. The number of β-lactam (4-membered cyclic amide) rings is 1. The molecule has 0 radical (unpaired) electrons. The second kappa shape index (κ2) is 11.4. The van der Waals surface area contributed by atoms with Gasteiger partial charge in [-0.1, -0.05) is 23.0 Å². The maximum Gasteiger partial charge on any atom is 0.344 e. The van der Waals surface area contributed by atoms with Crippen LogP contribution in [0.1, 0.15) is 5.69 Å². The molecule has 2 aromatic rings. The molecule has 2 fully saturated rings. The zero-order valence-electron chi connectivity index (χ0n) is 19.4. The second-order valence-corrected chi connectivity index (χ2v) is 11.0. The highest BCUT2D eigenvalue weighted by atomic mass is 32.2. The van der Waals surface area contributed by atoms with Crippen LogP contribution in [0, 0.1) is 5.41 Å².